The van der Waals surface area contributed by atoms with Crippen LogP contribution >= 0.6 is 0 Å². The summed E-state index contributed by atoms with van der Waals surface area (Å²) in [7, 11) is 0. The van der Waals surface area contributed by atoms with Gasteiger partial charge in [0.05, 0.1) is 12.5 Å². The van der Waals surface area contributed by atoms with Crippen LogP contribution < -0.4 is 5.32 Å². The Balaban J connectivity index is 3.54. The molecule has 0 radical (unpaired) electrons. The minimum Gasteiger partial charge on any atom is -0.387 e. The van der Waals surface area contributed by atoms with Crippen molar-refractivity contribution in [1.29, 1.82) is 5.26 Å². The van der Waals surface area contributed by atoms with Gasteiger partial charge in [-0.3, -0.25) is 4.79 Å². The van der Waals surface area contributed by atoms with Gasteiger partial charge in [0, 0.05) is 18.3 Å². The fourth-order valence-corrected chi connectivity index (χ4v) is 0.474. The summed E-state index contributed by atoms with van der Waals surface area (Å²) in [6.45, 7) is 1.76. The Hall–Kier alpha value is -1.37. The molecule has 1 atom stereocenters. The van der Waals surface area contributed by atoms with E-state index in [2.05, 4.69) is 5.32 Å². The van der Waals surface area contributed by atoms with Crippen molar-refractivity contribution < 1.29 is 9.18 Å². The van der Waals surface area contributed by atoms with Crippen LogP contribution in [0.5, 0.6) is 0 Å². The van der Waals surface area contributed by atoms with Gasteiger partial charge in [-0.1, -0.05) is 0 Å². The lowest BCUT2D eigenvalue weighted by Crippen LogP contribution is -2.19. The quantitative estimate of drug-likeness (QED) is 0.485. The van der Waals surface area contributed by atoms with Crippen LogP contribution in [0.2, 0.25) is 0 Å². The van der Waals surface area contributed by atoms with Crippen LogP contribution in [0.1, 0.15) is 13.3 Å². The number of nitriles is 1. The largest absolute Gasteiger partial charge is 0.387 e. The molecule has 0 spiro atoms. The van der Waals surface area contributed by atoms with E-state index in [9.17, 15) is 9.18 Å². The van der Waals surface area contributed by atoms with Gasteiger partial charge in [0.15, 0.2) is 0 Å². The van der Waals surface area contributed by atoms with Crippen molar-refractivity contribution >= 4 is 6.04 Å². The third-order valence-electron chi connectivity index (χ3n) is 0.993. The monoisotopic (exact) mass is 156 g/mol. The second kappa shape index (κ2) is 5.42. The van der Waals surface area contributed by atoms with E-state index in [0.29, 0.717) is 6.42 Å². The molecule has 0 saturated carbocycles. The van der Waals surface area contributed by atoms with E-state index in [4.69, 9.17) is 5.26 Å². The molecule has 0 bridgehead atoms. The van der Waals surface area contributed by atoms with Gasteiger partial charge in [-0.15, -0.1) is 0 Å². The predicted octanol–water partition coefficient (Wildman–Crippen LogP) is 0.888. The summed E-state index contributed by atoms with van der Waals surface area (Å²) in [5, 5.41) is 10.8. The zero-order chi connectivity index (χ0) is 8.69. The molecule has 0 aliphatic carbocycles. The van der Waals surface area contributed by atoms with Crippen LogP contribution in [0.15, 0.2) is 12.3 Å². The van der Waals surface area contributed by atoms with Crippen molar-refractivity contribution in [1.82, 2.24) is 5.32 Å². The van der Waals surface area contributed by atoms with Gasteiger partial charge in [-0.05, 0) is 6.92 Å². The normalized spacial score (nSPS) is 12.5. The van der Waals surface area contributed by atoms with Gasteiger partial charge in [0.25, 0.3) is 0 Å². The Kier molecular flexibility index (Phi) is 4.74. The number of rotatable bonds is 4. The van der Waals surface area contributed by atoms with E-state index in [-0.39, 0.29) is 6.04 Å². The van der Waals surface area contributed by atoms with E-state index < -0.39 is 6.04 Å². The minimum atomic E-state index is -1.50. The zero-order valence-electron chi connectivity index (χ0n) is 6.17. The van der Waals surface area contributed by atoms with Gasteiger partial charge in [-0.25, -0.2) is 0 Å². The first kappa shape index (κ1) is 9.63. The Morgan fingerprint density at radius 1 is 1.91 bits per heavy atom. The smallest absolute Gasteiger partial charge is 0.326 e. The molecule has 1 unspecified atom stereocenters. The average molecular weight is 156 g/mol. The maximum atomic E-state index is 11.5. The minimum absolute atomic E-state index is 0.0596. The van der Waals surface area contributed by atoms with E-state index >= 15 is 0 Å². The lowest BCUT2D eigenvalue weighted by Gasteiger charge is -2.04. The van der Waals surface area contributed by atoms with Crippen LogP contribution in [-0.2, 0) is 4.79 Å². The number of hydrogen-bond donors (Lipinski definition) is 1. The highest BCUT2D eigenvalue weighted by molar-refractivity contribution is 5.80. The van der Waals surface area contributed by atoms with Crippen molar-refractivity contribution in [2.24, 2.45) is 0 Å². The standard InChI is InChI=1S/C7H9FN2O/c1-6(2-4-9)10-5-3-7(8)11/h3,5-6,10H,2H2,1H3/b5-3+. The van der Waals surface area contributed by atoms with Crippen LogP contribution in [0.3, 0.4) is 0 Å². The third-order valence-corrected chi connectivity index (χ3v) is 0.993. The first-order valence-corrected chi connectivity index (χ1v) is 3.16. The maximum absolute atomic E-state index is 11.5. The molecule has 0 rings (SSSR count). The van der Waals surface area contributed by atoms with E-state index in [0.717, 1.165) is 6.08 Å². The molecule has 0 aliphatic rings. The first-order valence-electron chi connectivity index (χ1n) is 3.16. The Bertz CT molecular complexity index is 195. The molecule has 0 aromatic carbocycles. The van der Waals surface area contributed by atoms with Crippen molar-refractivity contribution in [3.05, 3.63) is 12.3 Å². The first-order chi connectivity index (χ1) is 5.16. The number of allylic oxidation sites excluding steroid dienone is 1. The molecule has 0 aromatic heterocycles. The molecule has 0 aliphatic heterocycles. The summed E-state index contributed by atoms with van der Waals surface area (Å²) in [6.07, 6.45) is 2.29. The summed E-state index contributed by atoms with van der Waals surface area (Å²) in [4.78, 5) is 9.72. The Labute approximate surface area is 64.5 Å². The number of halogens is 1. The van der Waals surface area contributed by atoms with Crippen LogP contribution in [0.25, 0.3) is 0 Å². The van der Waals surface area contributed by atoms with Crippen molar-refractivity contribution in [3.8, 4) is 6.07 Å². The van der Waals surface area contributed by atoms with Crippen molar-refractivity contribution in [2.45, 2.75) is 19.4 Å². The highest BCUT2D eigenvalue weighted by Gasteiger charge is 1.95. The lowest BCUT2D eigenvalue weighted by atomic mass is 10.3. The Morgan fingerprint density at radius 2 is 2.55 bits per heavy atom. The van der Waals surface area contributed by atoms with Gasteiger partial charge < -0.3 is 5.32 Å². The van der Waals surface area contributed by atoms with Gasteiger partial charge in [0.2, 0.25) is 0 Å². The van der Waals surface area contributed by atoms with E-state index in [1.54, 1.807) is 6.92 Å². The zero-order valence-corrected chi connectivity index (χ0v) is 6.17. The summed E-state index contributed by atoms with van der Waals surface area (Å²) < 4.78 is 11.5. The van der Waals surface area contributed by atoms with Crippen LogP contribution in [-0.4, -0.2) is 12.1 Å². The van der Waals surface area contributed by atoms with E-state index in [1.165, 1.54) is 6.20 Å². The second-order valence-corrected chi connectivity index (χ2v) is 2.07. The molecule has 3 nitrogen and oxygen atoms in total. The van der Waals surface area contributed by atoms with Gasteiger partial charge >= 0.3 is 6.04 Å². The molecule has 0 saturated heterocycles. The molecule has 4 heteroatoms. The number of hydrogen-bond acceptors (Lipinski definition) is 3. The molecule has 0 amide bonds. The highest BCUT2D eigenvalue weighted by Crippen LogP contribution is 1.87. The number of carbonyl (C=O) groups is 1. The highest BCUT2D eigenvalue weighted by atomic mass is 19.1. The fraction of sp³-hybridized carbons (Fsp3) is 0.429. The predicted molar refractivity (Wildman–Crippen MR) is 38.1 cm³/mol. The van der Waals surface area contributed by atoms with E-state index in [1.807, 2.05) is 6.07 Å². The molecule has 11 heavy (non-hydrogen) atoms. The molecule has 0 heterocycles. The second-order valence-electron chi connectivity index (χ2n) is 2.07. The van der Waals surface area contributed by atoms with Crippen LogP contribution in [0.4, 0.5) is 4.39 Å². The van der Waals surface area contributed by atoms with Crippen molar-refractivity contribution in [3.63, 3.8) is 0 Å². The third kappa shape index (κ3) is 6.52. The number of nitrogens with one attached hydrogen (secondary N) is 1. The van der Waals surface area contributed by atoms with Crippen molar-refractivity contribution in [2.75, 3.05) is 0 Å². The lowest BCUT2D eigenvalue weighted by molar-refractivity contribution is -0.124. The Morgan fingerprint density at radius 3 is 3.00 bits per heavy atom. The topological polar surface area (TPSA) is 52.9 Å². The van der Waals surface area contributed by atoms with Crippen LogP contribution in [0, 0.1) is 11.3 Å². The van der Waals surface area contributed by atoms with Gasteiger partial charge in [-0.2, -0.15) is 9.65 Å². The molecular weight excluding hydrogens is 147 g/mol. The summed E-state index contributed by atoms with van der Waals surface area (Å²) in [5.74, 6) is 0. The molecule has 0 fully saturated rings. The summed E-state index contributed by atoms with van der Waals surface area (Å²) in [6, 6.07) is 0.372. The molecule has 60 valence electrons. The summed E-state index contributed by atoms with van der Waals surface area (Å²) >= 11 is 0. The average Bonchev–Trinajstić information content (AvgIpc) is 1.87. The number of nitrogens with zero attached hydrogens (tertiary/aromatic N) is 1. The maximum Gasteiger partial charge on any atom is 0.326 e. The number of carbonyl (C=O) groups excluding carboxylic acids is 1. The molecular formula is C7H9FN2O. The molecule has 0 aromatic rings. The SMILES string of the molecule is CC(CC#N)N/C=C/C(=O)F. The summed E-state index contributed by atoms with van der Waals surface area (Å²) in [5.41, 5.74) is 0. The molecule has 1 N–H and O–H groups in total. The van der Waals surface area contributed by atoms with Gasteiger partial charge in [0.1, 0.15) is 0 Å². The fourth-order valence-electron chi connectivity index (χ4n) is 0.474.